The van der Waals surface area contributed by atoms with Crippen LogP contribution >= 0.6 is 0 Å². The van der Waals surface area contributed by atoms with E-state index in [0.29, 0.717) is 0 Å². The molecule has 3 aromatic heterocycles. The lowest BCUT2D eigenvalue weighted by Crippen LogP contribution is -2.14. The van der Waals surface area contributed by atoms with Gasteiger partial charge in [0.2, 0.25) is 0 Å². The SMILES string of the molecule is CC1(C)c2ccccc2-c2ccc(-c3ccc4c(c3)c3cc(-c5ccc(-c6cccc7c6oc6ccccc67)cc5)ccc3n4-c3ccc(-c4cccc5c4oc4ccccc45)cc3)cc21. The van der Waals surface area contributed by atoms with E-state index in [1.54, 1.807) is 0 Å². The zero-order valence-corrected chi connectivity index (χ0v) is 36.5. The Bertz CT molecular complexity index is 4120. The van der Waals surface area contributed by atoms with E-state index < -0.39 is 0 Å². The summed E-state index contributed by atoms with van der Waals surface area (Å²) in [5.74, 6) is 0. The predicted molar refractivity (Wildman–Crippen MR) is 275 cm³/mol. The van der Waals surface area contributed by atoms with Gasteiger partial charge in [0.05, 0.1) is 11.0 Å². The average molecular weight is 844 g/mol. The maximum atomic E-state index is 6.45. The van der Waals surface area contributed by atoms with Gasteiger partial charge in [0, 0.05) is 54.5 Å². The molecule has 1 aliphatic rings. The minimum atomic E-state index is -0.0762. The molecule has 0 bridgehead atoms. The quantitative estimate of drug-likeness (QED) is 0.173. The number of hydrogen-bond donors (Lipinski definition) is 0. The number of fused-ring (bicyclic) bond motifs is 12. The first-order valence-corrected chi connectivity index (χ1v) is 22.8. The van der Waals surface area contributed by atoms with Crippen LogP contribution in [0.15, 0.2) is 221 Å². The molecule has 13 aromatic rings. The maximum absolute atomic E-state index is 6.45. The van der Waals surface area contributed by atoms with Gasteiger partial charge in [0.25, 0.3) is 0 Å². The lowest BCUT2D eigenvalue weighted by molar-refractivity contribution is 0.660. The van der Waals surface area contributed by atoms with E-state index in [0.717, 1.165) is 77.3 Å². The van der Waals surface area contributed by atoms with Crippen molar-refractivity contribution < 1.29 is 8.83 Å². The fourth-order valence-corrected chi connectivity index (χ4v) is 11.1. The summed E-state index contributed by atoms with van der Waals surface area (Å²) < 4.78 is 15.3. The van der Waals surface area contributed by atoms with Crippen molar-refractivity contribution in [3.8, 4) is 61.3 Å². The highest BCUT2D eigenvalue weighted by atomic mass is 16.3. The van der Waals surface area contributed by atoms with Crippen LogP contribution in [0.4, 0.5) is 0 Å². The standard InChI is InChI=1S/C63H41NO2/c1-63(2)55-18-6-3-11-47(55)48-32-27-43(37-56(48)63)42-29-34-58-54(36-42)53-35-41(38-21-23-39(24-22-38)45-14-9-16-51-49-12-4-7-19-59(49)65-61(45)51)28-33-57(53)64(58)44-30-25-40(26-31-44)46-15-10-17-52-50-13-5-8-20-60(50)66-62(46)52/h3-37H,1-2H3. The maximum Gasteiger partial charge on any atom is 0.143 e. The van der Waals surface area contributed by atoms with Crippen LogP contribution in [0.2, 0.25) is 0 Å². The Morgan fingerprint density at radius 2 is 0.758 bits per heavy atom. The second-order valence-electron chi connectivity index (χ2n) is 18.4. The first-order valence-electron chi connectivity index (χ1n) is 22.8. The number of benzene rings is 10. The third-order valence-corrected chi connectivity index (χ3v) is 14.5. The van der Waals surface area contributed by atoms with E-state index in [1.165, 1.54) is 60.8 Å². The zero-order chi connectivity index (χ0) is 43.7. The molecule has 0 fully saturated rings. The van der Waals surface area contributed by atoms with Gasteiger partial charge in [-0.25, -0.2) is 0 Å². The smallest absolute Gasteiger partial charge is 0.143 e. The fraction of sp³-hybridized carbons (Fsp3) is 0.0476. The van der Waals surface area contributed by atoms with Crippen LogP contribution in [0.1, 0.15) is 25.0 Å². The molecule has 0 radical (unpaired) electrons. The molecule has 0 unspecified atom stereocenters. The zero-order valence-electron chi connectivity index (χ0n) is 36.5. The van der Waals surface area contributed by atoms with Gasteiger partial charge in [0.15, 0.2) is 0 Å². The Morgan fingerprint density at radius 1 is 0.318 bits per heavy atom. The van der Waals surface area contributed by atoms with Crippen molar-refractivity contribution in [2.75, 3.05) is 0 Å². The summed E-state index contributed by atoms with van der Waals surface area (Å²) in [6, 6.07) is 77.2. The highest BCUT2D eigenvalue weighted by molar-refractivity contribution is 6.13. The summed E-state index contributed by atoms with van der Waals surface area (Å²) >= 11 is 0. The van der Waals surface area contributed by atoms with Gasteiger partial charge in [-0.2, -0.15) is 0 Å². The van der Waals surface area contributed by atoms with Gasteiger partial charge >= 0.3 is 0 Å². The molecular weight excluding hydrogens is 803 g/mol. The van der Waals surface area contributed by atoms with Crippen molar-refractivity contribution in [2.24, 2.45) is 0 Å². The van der Waals surface area contributed by atoms with E-state index >= 15 is 0 Å². The normalized spacial score (nSPS) is 13.1. The lowest BCUT2D eigenvalue weighted by atomic mass is 9.81. The van der Waals surface area contributed by atoms with Crippen LogP contribution in [0.3, 0.4) is 0 Å². The number of rotatable bonds is 5. The van der Waals surface area contributed by atoms with Crippen molar-refractivity contribution >= 4 is 65.7 Å². The molecule has 0 N–H and O–H groups in total. The highest BCUT2D eigenvalue weighted by Crippen LogP contribution is 2.50. The number of furan rings is 2. The van der Waals surface area contributed by atoms with Gasteiger partial charge in [-0.05, 0) is 110 Å². The monoisotopic (exact) mass is 843 g/mol. The summed E-state index contributed by atoms with van der Waals surface area (Å²) in [5, 5.41) is 6.99. The van der Waals surface area contributed by atoms with Gasteiger partial charge in [-0.3, -0.25) is 0 Å². The number of hydrogen-bond acceptors (Lipinski definition) is 2. The molecule has 3 heterocycles. The van der Waals surface area contributed by atoms with E-state index in [1.807, 2.05) is 24.3 Å². The molecule has 0 aliphatic heterocycles. The first kappa shape index (κ1) is 37.0. The molecule has 310 valence electrons. The number of para-hydroxylation sites is 4. The molecule has 10 aromatic carbocycles. The number of aromatic nitrogens is 1. The molecule has 3 nitrogen and oxygen atoms in total. The average Bonchev–Trinajstić information content (AvgIpc) is 4.10. The van der Waals surface area contributed by atoms with Gasteiger partial charge in [-0.1, -0.05) is 172 Å². The van der Waals surface area contributed by atoms with E-state index in [2.05, 4.69) is 206 Å². The van der Waals surface area contributed by atoms with Crippen LogP contribution in [0.5, 0.6) is 0 Å². The summed E-state index contributed by atoms with van der Waals surface area (Å²) in [6.45, 7) is 4.71. The number of nitrogens with zero attached hydrogens (tertiary/aromatic N) is 1. The third kappa shape index (κ3) is 5.38. The minimum Gasteiger partial charge on any atom is -0.455 e. The van der Waals surface area contributed by atoms with E-state index in [9.17, 15) is 0 Å². The third-order valence-electron chi connectivity index (χ3n) is 14.5. The fourth-order valence-electron chi connectivity index (χ4n) is 11.1. The van der Waals surface area contributed by atoms with Crippen LogP contribution in [0.25, 0.3) is 127 Å². The molecular formula is C63H41NO2. The molecule has 0 spiro atoms. The predicted octanol–water partition coefficient (Wildman–Crippen LogP) is 17.6. The van der Waals surface area contributed by atoms with Gasteiger partial charge in [-0.15, -0.1) is 0 Å². The molecule has 3 heteroatoms. The summed E-state index contributed by atoms with van der Waals surface area (Å²) in [4.78, 5) is 0. The molecule has 0 amide bonds. The van der Waals surface area contributed by atoms with Crippen molar-refractivity contribution in [3.63, 3.8) is 0 Å². The Hall–Kier alpha value is -8.40. The molecule has 66 heavy (non-hydrogen) atoms. The largest absolute Gasteiger partial charge is 0.455 e. The molecule has 0 saturated carbocycles. The summed E-state index contributed by atoms with van der Waals surface area (Å²) in [5.41, 5.74) is 21.7. The van der Waals surface area contributed by atoms with Gasteiger partial charge in [0.1, 0.15) is 22.3 Å². The lowest BCUT2D eigenvalue weighted by Gasteiger charge is -2.22. The van der Waals surface area contributed by atoms with Crippen LogP contribution < -0.4 is 0 Å². The highest BCUT2D eigenvalue weighted by Gasteiger charge is 2.35. The van der Waals surface area contributed by atoms with Crippen molar-refractivity contribution in [3.05, 3.63) is 223 Å². The van der Waals surface area contributed by atoms with Crippen molar-refractivity contribution in [2.45, 2.75) is 19.3 Å². The van der Waals surface area contributed by atoms with Crippen LogP contribution in [-0.2, 0) is 5.41 Å². The Balaban J connectivity index is 0.901. The van der Waals surface area contributed by atoms with Crippen LogP contribution in [0, 0.1) is 0 Å². The second kappa shape index (κ2) is 13.8. The Labute approximate surface area is 381 Å². The topological polar surface area (TPSA) is 31.2 Å². The van der Waals surface area contributed by atoms with Crippen molar-refractivity contribution in [1.82, 2.24) is 4.57 Å². The van der Waals surface area contributed by atoms with Gasteiger partial charge < -0.3 is 13.4 Å². The van der Waals surface area contributed by atoms with E-state index in [-0.39, 0.29) is 5.41 Å². The first-order chi connectivity index (χ1) is 32.5. The summed E-state index contributed by atoms with van der Waals surface area (Å²) in [7, 11) is 0. The minimum absolute atomic E-state index is 0.0762. The molecule has 14 rings (SSSR count). The van der Waals surface area contributed by atoms with Crippen molar-refractivity contribution in [1.29, 1.82) is 0 Å². The Morgan fingerprint density at radius 3 is 1.38 bits per heavy atom. The van der Waals surface area contributed by atoms with Crippen LogP contribution in [-0.4, -0.2) is 4.57 Å². The summed E-state index contributed by atoms with van der Waals surface area (Å²) in [6.07, 6.45) is 0. The second-order valence-corrected chi connectivity index (χ2v) is 18.4. The van der Waals surface area contributed by atoms with E-state index in [4.69, 9.17) is 8.83 Å². The Kier molecular flexibility index (Phi) is 7.74. The molecule has 0 saturated heterocycles. The molecule has 1 aliphatic carbocycles. The molecule has 0 atom stereocenters.